The molecule has 2 amide bonds. The van der Waals surface area contributed by atoms with Gasteiger partial charge in [-0.3, -0.25) is 0 Å². The van der Waals surface area contributed by atoms with Gasteiger partial charge in [-0.2, -0.15) is 0 Å². The third-order valence-electron chi connectivity index (χ3n) is 3.65. The molecule has 0 aliphatic heterocycles. The largest absolute Gasteiger partial charge is 0.504 e. The highest BCUT2D eigenvalue weighted by Gasteiger charge is 2.19. The molecule has 0 radical (unpaired) electrons. The normalized spacial score (nSPS) is 15.9. The van der Waals surface area contributed by atoms with Gasteiger partial charge >= 0.3 is 6.03 Å². The highest BCUT2D eigenvalue weighted by atomic mass is 35.5. The van der Waals surface area contributed by atoms with Gasteiger partial charge < -0.3 is 10.4 Å². The molecular weight excluding hydrogens is 296 g/mol. The second-order valence-electron chi connectivity index (χ2n) is 5.11. The molecule has 1 aromatic carbocycles. The van der Waals surface area contributed by atoms with E-state index in [1.165, 1.54) is 19.3 Å². The van der Waals surface area contributed by atoms with Crippen molar-refractivity contribution in [3.8, 4) is 5.75 Å². The lowest BCUT2D eigenvalue weighted by Gasteiger charge is -2.23. The van der Waals surface area contributed by atoms with Crippen LogP contribution < -0.4 is 9.62 Å². The van der Waals surface area contributed by atoms with Crippen LogP contribution in [0.2, 0.25) is 5.02 Å². The van der Waals surface area contributed by atoms with E-state index < -0.39 is 0 Å². The maximum atomic E-state index is 12.0. The molecule has 0 atom stereocenters. The zero-order chi connectivity index (χ0) is 14.5. The third kappa shape index (κ3) is 3.73. The van der Waals surface area contributed by atoms with Crippen molar-refractivity contribution in [3.63, 3.8) is 0 Å². The number of aromatic hydroxyl groups is 1. The summed E-state index contributed by atoms with van der Waals surface area (Å²) in [5, 5.41) is 12.9. The summed E-state index contributed by atoms with van der Waals surface area (Å²) in [5.74, 6) is 0.402. The first-order chi connectivity index (χ1) is 9.59. The molecule has 2 rings (SSSR count). The van der Waals surface area contributed by atoms with E-state index in [2.05, 4.69) is 18.1 Å². The van der Waals surface area contributed by atoms with Crippen LogP contribution in [0, 0.1) is 5.92 Å². The summed E-state index contributed by atoms with van der Waals surface area (Å²) < 4.78 is 1.09. The van der Waals surface area contributed by atoms with Crippen LogP contribution in [0.15, 0.2) is 18.2 Å². The lowest BCUT2D eigenvalue weighted by atomic mass is 9.89. The maximum absolute atomic E-state index is 12.0. The van der Waals surface area contributed by atoms with Gasteiger partial charge in [-0.05, 0) is 30.9 Å². The van der Waals surface area contributed by atoms with Gasteiger partial charge in [0.1, 0.15) is 5.69 Å². The fraction of sp³-hybridized carbons (Fsp3) is 0.500. The molecule has 0 spiro atoms. The molecular formula is C14H19ClN2O2S. The first-order valence-corrected chi connectivity index (χ1v) is 7.61. The predicted octanol–water partition coefficient (Wildman–Crippen LogP) is 3.99. The minimum atomic E-state index is -0.350. The zero-order valence-corrected chi connectivity index (χ0v) is 12.8. The van der Waals surface area contributed by atoms with Crippen LogP contribution in [0.3, 0.4) is 0 Å². The van der Waals surface area contributed by atoms with Crippen LogP contribution in [0.5, 0.6) is 5.75 Å². The topological polar surface area (TPSA) is 52.6 Å². The summed E-state index contributed by atoms with van der Waals surface area (Å²) in [6.07, 6.45) is 6.09. The Labute approximate surface area is 129 Å². The number of thiol groups is 1. The molecule has 1 aliphatic rings. The number of benzene rings is 1. The first kappa shape index (κ1) is 15.3. The highest BCUT2D eigenvalue weighted by Crippen LogP contribution is 2.35. The SMILES string of the molecule is O=C(NCC1CCCCC1)N(S)c1cccc(Cl)c1O. The average molecular weight is 315 g/mol. The lowest BCUT2D eigenvalue weighted by molar-refractivity contribution is 0.245. The summed E-state index contributed by atoms with van der Waals surface area (Å²) >= 11 is 9.95. The van der Waals surface area contributed by atoms with Crippen molar-refractivity contribution in [1.29, 1.82) is 0 Å². The molecule has 2 N–H and O–H groups in total. The number of rotatable bonds is 3. The molecule has 20 heavy (non-hydrogen) atoms. The number of para-hydroxylation sites is 1. The van der Waals surface area contributed by atoms with Gasteiger partial charge in [-0.25, -0.2) is 9.10 Å². The number of hydrogen-bond acceptors (Lipinski definition) is 3. The van der Waals surface area contributed by atoms with Crippen LogP contribution in [0.25, 0.3) is 0 Å². The number of phenolic OH excluding ortho intramolecular Hbond substituents is 1. The van der Waals surface area contributed by atoms with E-state index >= 15 is 0 Å². The molecule has 1 saturated carbocycles. The van der Waals surface area contributed by atoms with E-state index in [1.54, 1.807) is 18.2 Å². The summed E-state index contributed by atoms with van der Waals surface area (Å²) in [5.41, 5.74) is 0.280. The number of amides is 2. The van der Waals surface area contributed by atoms with E-state index in [0.29, 0.717) is 12.5 Å². The number of phenols is 1. The minimum Gasteiger partial charge on any atom is -0.504 e. The summed E-state index contributed by atoms with van der Waals surface area (Å²) in [6.45, 7) is 0.650. The Morgan fingerprint density at radius 3 is 2.80 bits per heavy atom. The summed E-state index contributed by atoms with van der Waals surface area (Å²) in [6, 6.07) is 4.46. The van der Waals surface area contributed by atoms with E-state index in [9.17, 15) is 9.90 Å². The lowest BCUT2D eigenvalue weighted by Crippen LogP contribution is -2.37. The van der Waals surface area contributed by atoms with Crippen molar-refractivity contribution in [3.05, 3.63) is 23.2 Å². The number of carbonyl (C=O) groups excluding carboxylic acids is 1. The number of hydrogen-bond donors (Lipinski definition) is 3. The fourth-order valence-corrected chi connectivity index (χ4v) is 2.88. The Morgan fingerprint density at radius 1 is 1.40 bits per heavy atom. The van der Waals surface area contributed by atoms with Crippen LogP contribution in [0.1, 0.15) is 32.1 Å². The smallest absolute Gasteiger partial charge is 0.332 e. The Bertz CT molecular complexity index is 478. The summed E-state index contributed by atoms with van der Waals surface area (Å²) in [4.78, 5) is 12.0. The molecule has 0 aromatic heterocycles. The van der Waals surface area contributed by atoms with Crippen molar-refractivity contribution < 1.29 is 9.90 Å². The van der Waals surface area contributed by atoms with Gasteiger partial charge in [0.2, 0.25) is 0 Å². The second kappa shape index (κ2) is 7.09. The van der Waals surface area contributed by atoms with Gasteiger partial charge in [0.15, 0.2) is 5.75 Å². The van der Waals surface area contributed by atoms with E-state index in [4.69, 9.17) is 11.6 Å². The monoisotopic (exact) mass is 314 g/mol. The standard InChI is InChI=1S/C14H19ClN2O2S/c15-11-7-4-8-12(13(11)18)17(20)14(19)16-9-10-5-2-1-3-6-10/h4,7-8,10,18,20H,1-3,5-6,9H2,(H,16,19). The van der Waals surface area contributed by atoms with Gasteiger partial charge in [0, 0.05) is 6.54 Å². The molecule has 6 heteroatoms. The number of nitrogens with zero attached hydrogens (tertiary/aromatic N) is 1. The van der Waals surface area contributed by atoms with Gasteiger partial charge in [0.05, 0.1) is 5.02 Å². The maximum Gasteiger partial charge on any atom is 0.332 e. The molecule has 1 aliphatic carbocycles. The van der Waals surface area contributed by atoms with Crippen molar-refractivity contribution >= 4 is 36.1 Å². The zero-order valence-electron chi connectivity index (χ0n) is 11.2. The van der Waals surface area contributed by atoms with Crippen molar-refractivity contribution in [2.75, 3.05) is 10.8 Å². The molecule has 1 aromatic rings. The van der Waals surface area contributed by atoms with Gasteiger partial charge in [0.25, 0.3) is 0 Å². The number of anilines is 1. The molecule has 0 heterocycles. The van der Waals surface area contributed by atoms with Crippen LogP contribution >= 0.6 is 24.4 Å². The first-order valence-electron chi connectivity index (χ1n) is 6.84. The molecule has 1 fully saturated rings. The Balaban J connectivity index is 1.92. The quantitative estimate of drug-likeness (QED) is 0.739. The van der Waals surface area contributed by atoms with Gasteiger partial charge in [-0.15, -0.1) is 0 Å². The van der Waals surface area contributed by atoms with Gasteiger partial charge in [-0.1, -0.05) is 49.7 Å². The summed E-state index contributed by atoms with van der Waals surface area (Å²) in [7, 11) is 0. The Kier molecular flexibility index (Phi) is 5.43. The predicted molar refractivity (Wildman–Crippen MR) is 84.6 cm³/mol. The average Bonchev–Trinajstić information content (AvgIpc) is 2.48. The van der Waals surface area contributed by atoms with Crippen LogP contribution in [0.4, 0.5) is 10.5 Å². The van der Waals surface area contributed by atoms with Crippen molar-refractivity contribution in [2.45, 2.75) is 32.1 Å². The molecule has 0 unspecified atom stereocenters. The van der Waals surface area contributed by atoms with Crippen LogP contribution in [-0.2, 0) is 0 Å². The highest BCUT2D eigenvalue weighted by molar-refractivity contribution is 7.82. The number of nitrogens with one attached hydrogen (secondary N) is 1. The second-order valence-corrected chi connectivity index (χ2v) is 5.92. The Hall–Kier alpha value is -1.07. The molecule has 110 valence electrons. The third-order valence-corrected chi connectivity index (χ3v) is 4.35. The van der Waals surface area contributed by atoms with E-state index in [0.717, 1.165) is 17.1 Å². The molecule has 4 nitrogen and oxygen atoms in total. The minimum absolute atomic E-state index is 0.142. The van der Waals surface area contributed by atoms with E-state index in [1.807, 2.05) is 0 Å². The van der Waals surface area contributed by atoms with E-state index in [-0.39, 0.29) is 22.5 Å². The molecule has 0 saturated heterocycles. The molecule has 0 bridgehead atoms. The number of urea groups is 1. The van der Waals surface area contributed by atoms with Crippen molar-refractivity contribution in [1.82, 2.24) is 5.32 Å². The van der Waals surface area contributed by atoms with Crippen molar-refractivity contribution in [2.24, 2.45) is 5.92 Å². The Morgan fingerprint density at radius 2 is 2.10 bits per heavy atom. The van der Waals surface area contributed by atoms with Crippen LogP contribution in [-0.4, -0.2) is 17.7 Å². The number of carbonyl (C=O) groups is 1. The number of halogens is 1. The fourth-order valence-electron chi connectivity index (χ4n) is 2.48.